The third-order valence-corrected chi connectivity index (χ3v) is 7.33. The molecule has 3 N–H and O–H groups in total. The predicted molar refractivity (Wildman–Crippen MR) is 152 cm³/mol. The lowest BCUT2D eigenvalue weighted by Gasteiger charge is -2.31. The summed E-state index contributed by atoms with van der Waals surface area (Å²) in [4.78, 5) is 38.9. The summed E-state index contributed by atoms with van der Waals surface area (Å²) in [6.07, 6.45) is 4.01. The lowest BCUT2D eigenvalue weighted by Crippen LogP contribution is -2.38. The first-order valence-electron chi connectivity index (χ1n) is 13.4. The molecule has 0 radical (unpaired) electrons. The quantitative estimate of drug-likeness (QED) is 0.275. The van der Waals surface area contributed by atoms with Gasteiger partial charge in [0, 0.05) is 23.6 Å². The van der Waals surface area contributed by atoms with Gasteiger partial charge in [0.15, 0.2) is 22.9 Å². The molecule has 218 valence electrons. The lowest BCUT2D eigenvalue weighted by atomic mass is 10.1. The van der Waals surface area contributed by atoms with Crippen LogP contribution in [0.4, 0.5) is 15.9 Å². The first kappa shape index (κ1) is 26.4. The Morgan fingerprint density at radius 3 is 2.88 bits per heavy atom. The van der Waals surface area contributed by atoms with Crippen molar-refractivity contribution in [1.29, 1.82) is 0 Å². The number of aromatic nitrogens is 4. The van der Waals surface area contributed by atoms with Crippen molar-refractivity contribution in [3.05, 3.63) is 67.0 Å². The standard InChI is InChI=1S/C29H24FN7O6/c1-2-22(38)43-36-9-3-4-17(12-36)37-28-23(27(31)32-13-33-28)24(35-37)18-6-7-19(26-25(18)40-14-41-26)34-29(39)21-11-15-10-16(30)5-8-20(15)42-21/h2,5-8,10-11,13,17H,1,3-4,9,12,14H2,(H,34,39)(H2,31,32,33)/t17-/m1/s1. The van der Waals surface area contributed by atoms with E-state index in [1.807, 2.05) is 0 Å². The summed E-state index contributed by atoms with van der Waals surface area (Å²) < 4.78 is 32.6. The SMILES string of the molecule is C=CC(=O)ON1CCC[C@@H](n2nc(-c3ccc(NC(=O)c4cc5cc(F)ccc5o4)c4c3OCO4)c3c(N)ncnc32)C1. The molecule has 0 bridgehead atoms. The monoisotopic (exact) mass is 585 g/mol. The van der Waals surface area contributed by atoms with Crippen LogP contribution >= 0.6 is 0 Å². The second-order valence-electron chi connectivity index (χ2n) is 10.0. The predicted octanol–water partition coefficient (Wildman–Crippen LogP) is 4.22. The molecule has 5 aromatic rings. The van der Waals surface area contributed by atoms with E-state index in [1.54, 1.807) is 21.9 Å². The number of nitrogen functional groups attached to an aromatic ring is 1. The van der Waals surface area contributed by atoms with E-state index >= 15 is 0 Å². The average molecular weight is 586 g/mol. The number of anilines is 2. The summed E-state index contributed by atoms with van der Waals surface area (Å²) in [6, 6.07) is 8.68. The Hall–Kier alpha value is -5.50. The Morgan fingerprint density at radius 2 is 2.02 bits per heavy atom. The molecular formula is C29H24FN7O6. The van der Waals surface area contributed by atoms with Crippen LogP contribution in [0.3, 0.4) is 0 Å². The van der Waals surface area contributed by atoms with Gasteiger partial charge in [0.1, 0.15) is 29.2 Å². The van der Waals surface area contributed by atoms with Crippen molar-refractivity contribution in [2.45, 2.75) is 18.9 Å². The van der Waals surface area contributed by atoms with Crippen molar-refractivity contribution in [1.82, 2.24) is 24.8 Å². The molecule has 2 aliphatic heterocycles. The highest BCUT2D eigenvalue weighted by molar-refractivity contribution is 6.06. The maximum Gasteiger partial charge on any atom is 0.349 e. The number of rotatable bonds is 6. The van der Waals surface area contributed by atoms with Crippen LogP contribution in [0.5, 0.6) is 11.5 Å². The Labute approximate surface area is 242 Å². The van der Waals surface area contributed by atoms with Crippen LogP contribution in [0.2, 0.25) is 0 Å². The number of carbonyl (C=O) groups is 2. The number of hydroxylamine groups is 2. The third-order valence-electron chi connectivity index (χ3n) is 7.33. The van der Waals surface area contributed by atoms with Crippen molar-refractivity contribution in [2.75, 3.05) is 30.9 Å². The zero-order valence-electron chi connectivity index (χ0n) is 22.6. The van der Waals surface area contributed by atoms with Gasteiger partial charge in [-0.15, -0.1) is 5.06 Å². The van der Waals surface area contributed by atoms with Gasteiger partial charge < -0.3 is 29.8 Å². The van der Waals surface area contributed by atoms with E-state index in [2.05, 4.69) is 21.9 Å². The van der Waals surface area contributed by atoms with Gasteiger partial charge >= 0.3 is 5.97 Å². The molecule has 0 spiro atoms. The van der Waals surface area contributed by atoms with Gasteiger partial charge in [-0.1, -0.05) is 6.58 Å². The maximum absolute atomic E-state index is 13.6. The van der Waals surface area contributed by atoms with Gasteiger partial charge in [0.2, 0.25) is 6.79 Å². The van der Waals surface area contributed by atoms with Crippen LogP contribution < -0.4 is 20.5 Å². The van der Waals surface area contributed by atoms with E-state index in [4.69, 9.17) is 29.6 Å². The molecular weight excluding hydrogens is 561 g/mol. The summed E-state index contributed by atoms with van der Waals surface area (Å²) in [5.74, 6) is -0.635. The summed E-state index contributed by atoms with van der Waals surface area (Å²) in [5.41, 5.74) is 8.59. The van der Waals surface area contributed by atoms with Gasteiger partial charge in [-0.2, -0.15) is 5.10 Å². The van der Waals surface area contributed by atoms with E-state index in [-0.39, 0.29) is 24.4 Å². The number of nitrogens with two attached hydrogens (primary N) is 1. The van der Waals surface area contributed by atoms with Crippen LogP contribution in [-0.4, -0.2) is 56.6 Å². The van der Waals surface area contributed by atoms with E-state index in [0.29, 0.717) is 63.5 Å². The summed E-state index contributed by atoms with van der Waals surface area (Å²) in [5, 5.41) is 10.3. The van der Waals surface area contributed by atoms with Crippen molar-refractivity contribution in [2.24, 2.45) is 0 Å². The molecule has 2 aromatic carbocycles. The molecule has 3 aromatic heterocycles. The Bertz CT molecular complexity index is 1940. The number of nitrogens with zero attached hydrogens (tertiary/aromatic N) is 5. The van der Waals surface area contributed by atoms with Crippen molar-refractivity contribution in [3.8, 4) is 22.8 Å². The second-order valence-corrected chi connectivity index (χ2v) is 10.0. The summed E-state index contributed by atoms with van der Waals surface area (Å²) in [6.45, 7) is 4.33. The number of benzene rings is 2. The zero-order chi connectivity index (χ0) is 29.7. The molecule has 7 rings (SSSR count). The molecule has 13 nitrogen and oxygen atoms in total. The minimum Gasteiger partial charge on any atom is -0.453 e. The molecule has 5 heterocycles. The number of furan rings is 1. The summed E-state index contributed by atoms with van der Waals surface area (Å²) >= 11 is 0. The highest BCUT2D eigenvalue weighted by Gasteiger charge is 2.31. The number of piperidine rings is 1. The van der Waals surface area contributed by atoms with Crippen molar-refractivity contribution >= 4 is 45.4 Å². The fourth-order valence-electron chi connectivity index (χ4n) is 5.40. The first-order valence-corrected chi connectivity index (χ1v) is 13.4. The largest absolute Gasteiger partial charge is 0.453 e. The van der Waals surface area contributed by atoms with Crippen LogP contribution in [0.25, 0.3) is 33.3 Å². The molecule has 1 fully saturated rings. The molecule has 0 aliphatic carbocycles. The average Bonchev–Trinajstić information content (AvgIpc) is 3.75. The number of amides is 1. The van der Waals surface area contributed by atoms with Gasteiger partial charge in [-0.25, -0.2) is 23.8 Å². The molecule has 1 atom stereocenters. The van der Waals surface area contributed by atoms with Crippen molar-refractivity contribution in [3.63, 3.8) is 0 Å². The highest BCUT2D eigenvalue weighted by Crippen LogP contribution is 2.48. The van der Waals surface area contributed by atoms with Crippen LogP contribution in [-0.2, 0) is 9.63 Å². The number of ether oxygens (including phenoxy) is 2. The Kier molecular flexibility index (Phi) is 6.39. The Morgan fingerprint density at radius 1 is 1.16 bits per heavy atom. The van der Waals surface area contributed by atoms with Gasteiger partial charge in [0.05, 0.1) is 23.7 Å². The number of nitrogens with one attached hydrogen (secondary N) is 1. The number of hydrogen-bond donors (Lipinski definition) is 2. The van der Waals surface area contributed by atoms with Crippen LogP contribution in [0, 0.1) is 5.82 Å². The second kappa shape index (κ2) is 10.4. The maximum atomic E-state index is 13.6. The minimum absolute atomic E-state index is 0.00676. The van der Waals surface area contributed by atoms with Gasteiger partial charge in [-0.3, -0.25) is 4.79 Å². The molecule has 0 saturated carbocycles. The molecule has 14 heteroatoms. The smallest absolute Gasteiger partial charge is 0.349 e. The molecule has 43 heavy (non-hydrogen) atoms. The highest BCUT2D eigenvalue weighted by atomic mass is 19.1. The van der Waals surface area contributed by atoms with E-state index in [1.165, 1.54) is 30.6 Å². The number of halogens is 1. The fourth-order valence-corrected chi connectivity index (χ4v) is 5.40. The van der Waals surface area contributed by atoms with Crippen molar-refractivity contribution < 1.29 is 32.7 Å². The van der Waals surface area contributed by atoms with E-state index in [9.17, 15) is 14.0 Å². The lowest BCUT2D eigenvalue weighted by molar-refractivity contribution is -0.191. The van der Waals surface area contributed by atoms with Gasteiger partial charge in [-0.05, 0) is 49.2 Å². The number of carbonyl (C=O) groups excluding carboxylic acids is 2. The summed E-state index contributed by atoms with van der Waals surface area (Å²) in [7, 11) is 0. The topological polar surface area (TPSA) is 160 Å². The zero-order valence-corrected chi connectivity index (χ0v) is 22.6. The molecule has 0 unspecified atom stereocenters. The van der Waals surface area contributed by atoms with Crippen LogP contribution in [0.15, 0.2) is 59.8 Å². The molecule has 1 amide bonds. The Balaban J connectivity index is 1.24. The van der Waals surface area contributed by atoms with Crippen LogP contribution in [0.1, 0.15) is 29.4 Å². The molecule has 2 aliphatic rings. The van der Waals surface area contributed by atoms with Gasteiger partial charge in [0.25, 0.3) is 5.91 Å². The van der Waals surface area contributed by atoms with E-state index < -0.39 is 17.7 Å². The normalized spacial score (nSPS) is 16.4. The number of hydrogen-bond acceptors (Lipinski definition) is 11. The molecule has 1 saturated heterocycles. The first-order chi connectivity index (χ1) is 20.9. The minimum atomic E-state index is -0.548. The van der Waals surface area contributed by atoms with E-state index in [0.717, 1.165) is 18.9 Å². The third kappa shape index (κ3) is 4.67. The fraction of sp³-hybridized carbons (Fsp3) is 0.207. The number of fused-ring (bicyclic) bond motifs is 3.